The van der Waals surface area contributed by atoms with E-state index in [2.05, 4.69) is 10.3 Å². The number of urea groups is 1. The molecule has 1 aliphatic rings. The van der Waals surface area contributed by atoms with Crippen LogP contribution in [0.2, 0.25) is 0 Å². The Labute approximate surface area is 179 Å². The smallest absolute Gasteiger partial charge is 0.321 e. The lowest BCUT2D eigenvalue weighted by Crippen LogP contribution is -2.42. The Morgan fingerprint density at radius 3 is 2.40 bits per heavy atom. The molecule has 1 saturated heterocycles. The predicted molar refractivity (Wildman–Crippen MR) is 117 cm³/mol. The Morgan fingerprint density at radius 2 is 1.70 bits per heavy atom. The number of piperidine rings is 1. The van der Waals surface area contributed by atoms with Crippen molar-refractivity contribution < 1.29 is 14.3 Å². The van der Waals surface area contributed by atoms with E-state index in [9.17, 15) is 9.59 Å². The highest BCUT2D eigenvalue weighted by atomic mass is 32.1. The molecular weight excluding hydrogens is 398 g/mol. The lowest BCUT2D eigenvalue weighted by molar-refractivity contribution is -0.151. The molecule has 1 aromatic heterocycles. The summed E-state index contributed by atoms with van der Waals surface area (Å²) in [5.41, 5.74) is 2.58. The second kappa shape index (κ2) is 9.54. The van der Waals surface area contributed by atoms with Gasteiger partial charge in [-0.1, -0.05) is 48.5 Å². The molecule has 0 radical (unpaired) electrons. The number of hydrogen-bond acceptors (Lipinski definition) is 5. The van der Waals surface area contributed by atoms with Gasteiger partial charge in [-0.2, -0.15) is 0 Å². The van der Waals surface area contributed by atoms with Gasteiger partial charge in [0.15, 0.2) is 0 Å². The third-order valence-electron chi connectivity index (χ3n) is 5.08. The van der Waals surface area contributed by atoms with Gasteiger partial charge < -0.3 is 15.0 Å². The van der Waals surface area contributed by atoms with E-state index >= 15 is 0 Å². The Morgan fingerprint density at radius 1 is 1.03 bits per heavy atom. The number of rotatable bonds is 5. The summed E-state index contributed by atoms with van der Waals surface area (Å²) >= 11 is 1.54. The van der Waals surface area contributed by atoms with Crippen LogP contribution in [0.5, 0.6) is 0 Å². The second-order valence-corrected chi connectivity index (χ2v) is 8.03. The highest BCUT2D eigenvalue weighted by molar-refractivity contribution is 7.13. The number of ether oxygens (including phenoxy) is 1. The van der Waals surface area contributed by atoms with Crippen molar-refractivity contribution in [3.8, 4) is 10.6 Å². The first kappa shape index (κ1) is 20.1. The zero-order valence-corrected chi connectivity index (χ0v) is 17.3. The van der Waals surface area contributed by atoms with E-state index in [1.54, 1.807) is 16.2 Å². The van der Waals surface area contributed by atoms with Gasteiger partial charge in [0.1, 0.15) is 11.6 Å². The SMILES string of the molecule is O=C(OCc1csc(-c2ccccc2)n1)C1CCN(C(=O)Nc2ccccc2)CC1. The van der Waals surface area contributed by atoms with Gasteiger partial charge in [-0.3, -0.25) is 4.79 Å². The second-order valence-electron chi connectivity index (χ2n) is 7.18. The van der Waals surface area contributed by atoms with Crippen LogP contribution in [0.4, 0.5) is 10.5 Å². The molecule has 1 fully saturated rings. The Balaban J connectivity index is 1.23. The molecule has 0 unspecified atom stereocenters. The molecule has 6 nitrogen and oxygen atoms in total. The summed E-state index contributed by atoms with van der Waals surface area (Å²) in [6, 6.07) is 19.2. The summed E-state index contributed by atoms with van der Waals surface area (Å²) in [7, 11) is 0. The van der Waals surface area contributed by atoms with Gasteiger partial charge in [0, 0.05) is 29.7 Å². The van der Waals surface area contributed by atoms with Crippen molar-refractivity contribution in [1.29, 1.82) is 0 Å². The molecule has 3 aromatic rings. The number of carbonyl (C=O) groups excluding carboxylic acids is 2. The number of nitrogens with one attached hydrogen (secondary N) is 1. The molecule has 0 atom stereocenters. The number of likely N-dealkylation sites (tertiary alicyclic amines) is 1. The van der Waals surface area contributed by atoms with Gasteiger partial charge >= 0.3 is 12.0 Å². The molecule has 2 aromatic carbocycles. The number of esters is 1. The molecule has 2 amide bonds. The minimum atomic E-state index is -0.215. The molecular formula is C23H23N3O3S. The van der Waals surface area contributed by atoms with Gasteiger partial charge in [0.05, 0.1) is 11.6 Å². The number of carbonyl (C=O) groups is 2. The van der Waals surface area contributed by atoms with E-state index in [1.165, 1.54) is 0 Å². The summed E-state index contributed by atoms with van der Waals surface area (Å²) in [5.74, 6) is -0.398. The zero-order valence-electron chi connectivity index (χ0n) is 16.5. The maximum absolute atomic E-state index is 12.5. The Bertz CT molecular complexity index is 983. The van der Waals surface area contributed by atoms with Gasteiger partial charge in [-0.25, -0.2) is 9.78 Å². The molecule has 7 heteroatoms. The third kappa shape index (κ3) is 5.04. The van der Waals surface area contributed by atoms with Crippen molar-refractivity contribution in [2.45, 2.75) is 19.4 Å². The minimum absolute atomic E-state index is 0.135. The molecule has 1 aliphatic heterocycles. The van der Waals surface area contributed by atoms with Crippen LogP contribution in [-0.2, 0) is 16.1 Å². The monoisotopic (exact) mass is 421 g/mol. The topological polar surface area (TPSA) is 71.5 Å². The standard InChI is InChI=1S/C23H23N3O3S/c27-22(29-15-20-16-30-21(24-20)17-7-3-1-4-8-17)18-11-13-26(14-12-18)23(28)25-19-9-5-2-6-10-19/h1-10,16,18H,11-15H2,(H,25,28). The number of para-hydroxylation sites is 1. The molecule has 0 saturated carbocycles. The molecule has 4 rings (SSSR count). The summed E-state index contributed by atoms with van der Waals surface area (Å²) in [5, 5.41) is 5.72. The fourth-order valence-electron chi connectivity index (χ4n) is 3.39. The van der Waals surface area contributed by atoms with Crippen LogP contribution in [0.15, 0.2) is 66.0 Å². The van der Waals surface area contributed by atoms with E-state index in [-0.39, 0.29) is 24.5 Å². The summed E-state index contributed by atoms with van der Waals surface area (Å²) in [6.45, 7) is 1.25. The van der Waals surface area contributed by atoms with Gasteiger partial charge in [0.25, 0.3) is 0 Å². The molecule has 30 heavy (non-hydrogen) atoms. The van der Waals surface area contributed by atoms with Crippen molar-refractivity contribution >= 4 is 29.0 Å². The highest BCUT2D eigenvalue weighted by Crippen LogP contribution is 2.24. The van der Waals surface area contributed by atoms with Crippen molar-refractivity contribution in [2.24, 2.45) is 5.92 Å². The van der Waals surface area contributed by atoms with Crippen LogP contribution in [-0.4, -0.2) is 35.0 Å². The molecule has 1 N–H and O–H groups in total. The van der Waals surface area contributed by atoms with Crippen molar-refractivity contribution in [2.75, 3.05) is 18.4 Å². The van der Waals surface area contributed by atoms with Crippen LogP contribution in [0.3, 0.4) is 0 Å². The maximum atomic E-state index is 12.5. The Hall–Kier alpha value is -3.19. The molecule has 2 heterocycles. The van der Waals surface area contributed by atoms with Crippen LogP contribution < -0.4 is 5.32 Å². The molecule has 154 valence electrons. The molecule has 0 aliphatic carbocycles. The lowest BCUT2D eigenvalue weighted by Gasteiger charge is -2.30. The molecule has 0 bridgehead atoms. The fourth-order valence-corrected chi connectivity index (χ4v) is 4.20. The number of thiazole rings is 1. The molecule has 0 spiro atoms. The number of benzene rings is 2. The summed E-state index contributed by atoms with van der Waals surface area (Å²) in [6.07, 6.45) is 1.21. The third-order valence-corrected chi connectivity index (χ3v) is 6.02. The first-order valence-corrected chi connectivity index (χ1v) is 10.8. The average Bonchev–Trinajstić information content (AvgIpc) is 3.28. The van der Waals surface area contributed by atoms with Crippen LogP contribution in [0.25, 0.3) is 10.6 Å². The summed E-state index contributed by atoms with van der Waals surface area (Å²) in [4.78, 5) is 31.1. The maximum Gasteiger partial charge on any atom is 0.321 e. The van der Waals surface area contributed by atoms with E-state index in [1.807, 2.05) is 66.0 Å². The average molecular weight is 422 g/mol. The normalized spacial score (nSPS) is 14.3. The first-order chi connectivity index (χ1) is 14.7. The van der Waals surface area contributed by atoms with Crippen LogP contribution in [0, 0.1) is 5.92 Å². The van der Waals surface area contributed by atoms with E-state index < -0.39 is 0 Å². The number of amides is 2. The van der Waals surface area contributed by atoms with Gasteiger partial charge in [-0.15, -0.1) is 11.3 Å². The van der Waals surface area contributed by atoms with Crippen molar-refractivity contribution in [3.05, 3.63) is 71.7 Å². The Kier molecular flexibility index (Phi) is 6.39. The van der Waals surface area contributed by atoms with Crippen LogP contribution >= 0.6 is 11.3 Å². The number of hydrogen-bond donors (Lipinski definition) is 1. The quantitative estimate of drug-likeness (QED) is 0.601. The van der Waals surface area contributed by atoms with Crippen molar-refractivity contribution in [1.82, 2.24) is 9.88 Å². The minimum Gasteiger partial charge on any atom is -0.459 e. The number of anilines is 1. The van der Waals surface area contributed by atoms with Gasteiger partial charge in [0.2, 0.25) is 0 Å². The van der Waals surface area contributed by atoms with Crippen molar-refractivity contribution in [3.63, 3.8) is 0 Å². The fraction of sp³-hybridized carbons (Fsp3) is 0.261. The largest absolute Gasteiger partial charge is 0.459 e. The van der Waals surface area contributed by atoms with Gasteiger partial charge in [-0.05, 0) is 25.0 Å². The van der Waals surface area contributed by atoms with E-state index in [0.29, 0.717) is 25.9 Å². The number of nitrogens with zero attached hydrogens (tertiary/aromatic N) is 2. The highest BCUT2D eigenvalue weighted by Gasteiger charge is 2.28. The van der Waals surface area contributed by atoms with Crippen LogP contribution in [0.1, 0.15) is 18.5 Å². The lowest BCUT2D eigenvalue weighted by atomic mass is 9.97. The summed E-state index contributed by atoms with van der Waals surface area (Å²) < 4.78 is 5.49. The van der Waals surface area contributed by atoms with E-state index in [4.69, 9.17) is 4.74 Å². The predicted octanol–water partition coefficient (Wildman–Crippen LogP) is 4.80. The zero-order chi connectivity index (χ0) is 20.8. The number of aromatic nitrogens is 1. The van der Waals surface area contributed by atoms with E-state index in [0.717, 1.165) is 22.0 Å². The first-order valence-electron chi connectivity index (χ1n) is 9.96.